The predicted molar refractivity (Wildman–Crippen MR) is 62.2 cm³/mol. The van der Waals surface area contributed by atoms with E-state index in [-0.39, 0.29) is 5.57 Å². The number of carbonyl (C=O) groups excluding carboxylic acids is 2. The Labute approximate surface area is 108 Å². The predicted octanol–water partition coefficient (Wildman–Crippen LogP) is -0.00950. The molecule has 0 aliphatic rings. The molecular weight excluding hydrogens is 260 g/mol. The molecule has 0 aliphatic heterocycles. The van der Waals surface area contributed by atoms with Crippen molar-refractivity contribution in [1.82, 2.24) is 0 Å². The van der Waals surface area contributed by atoms with Gasteiger partial charge < -0.3 is 19.7 Å². The number of rotatable bonds is 5. The highest BCUT2D eigenvalue weighted by atomic mass is 16.5. The fourth-order valence-electron chi connectivity index (χ4n) is 0.530. The van der Waals surface area contributed by atoms with Crippen LogP contribution < -0.4 is 0 Å². The smallest absolute Gasteiger partial charge is 0.331 e. The van der Waals surface area contributed by atoms with Gasteiger partial charge in [-0.3, -0.25) is 4.79 Å². The van der Waals surface area contributed by atoms with Crippen LogP contribution in [0.25, 0.3) is 0 Å². The van der Waals surface area contributed by atoms with Gasteiger partial charge in [0.2, 0.25) is 0 Å². The second kappa shape index (κ2) is 10.5. The number of esters is 2. The third-order valence-electron chi connectivity index (χ3n) is 1.42. The average Bonchev–Trinajstić information content (AvgIpc) is 2.35. The molecule has 0 fully saturated rings. The monoisotopic (exact) mass is 274 g/mol. The van der Waals surface area contributed by atoms with E-state index < -0.39 is 30.3 Å². The fraction of sp³-hybridized carbons (Fsp3) is 0.273. The van der Waals surface area contributed by atoms with Crippen molar-refractivity contribution < 1.29 is 38.9 Å². The number of hydrogen-bond acceptors (Lipinski definition) is 6. The number of carbonyl (C=O) groups is 4. The lowest BCUT2D eigenvalue weighted by molar-refractivity contribution is -0.139. The van der Waals surface area contributed by atoms with Gasteiger partial charge in [0.15, 0.2) is 0 Å². The molecule has 0 atom stereocenters. The molecule has 2 N–H and O–H groups in total. The first-order chi connectivity index (χ1) is 8.74. The summed E-state index contributed by atoms with van der Waals surface area (Å²) in [5.41, 5.74) is -0.303. The van der Waals surface area contributed by atoms with Crippen LogP contribution in [0.3, 0.4) is 0 Å². The molecule has 0 aromatic heterocycles. The lowest BCUT2D eigenvalue weighted by Crippen LogP contribution is -2.04. The van der Waals surface area contributed by atoms with Gasteiger partial charge in [-0.15, -0.1) is 0 Å². The van der Waals surface area contributed by atoms with Crippen molar-refractivity contribution in [2.75, 3.05) is 14.2 Å². The van der Waals surface area contributed by atoms with Crippen molar-refractivity contribution in [2.24, 2.45) is 0 Å². The summed E-state index contributed by atoms with van der Waals surface area (Å²) in [6, 6.07) is 0. The zero-order chi connectivity index (χ0) is 15.4. The molecule has 8 heteroatoms. The Morgan fingerprint density at radius 3 is 1.53 bits per heavy atom. The fourth-order valence-corrected chi connectivity index (χ4v) is 0.530. The van der Waals surface area contributed by atoms with Crippen LogP contribution in [-0.4, -0.2) is 48.3 Å². The Kier molecular flexibility index (Phi) is 10.4. The second-order valence-electron chi connectivity index (χ2n) is 2.86. The number of aliphatic carboxylic acids is 2. The van der Waals surface area contributed by atoms with E-state index in [2.05, 4.69) is 16.1 Å². The van der Waals surface area contributed by atoms with E-state index in [0.29, 0.717) is 0 Å². The van der Waals surface area contributed by atoms with E-state index >= 15 is 0 Å². The van der Waals surface area contributed by atoms with Crippen LogP contribution in [0.15, 0.2) is 24.3 Å². The number of hydrogen-bond donors (Lipinski definition) is 2. The largest absolute Gasteiger partial charge is 0.481 e. The molecule has 0 unspecified atom stereocenters. The minimum absolute atomic E-state index is 0.303. The highest BCUT2D eigenvalue weighted by Gasteiger charge is 2.07. The Morgan fingerprint density at radius 2 is 1.37 bits per heavy atom. The number of carboxylic acids is 2. The molecule has 0 amide bonds. The average molecular weight is 274 g/mol. The molecule has 0 aromatic carbocycles. The van der Waals surface area contributed by atoms with Gasteiger partial charge in [0.25, 0.3) is 0 Å². The van der Waals surface area contributed by atoms with E-state index in [1.807, 2.05) is 0 Å². The van der Waals surface area contributed by atoms with E-state index in [4.69, 9.17) is 10.2 Å². The van der Waals surface area contributed by atoms with Crippen LogP contribution in [0.2, 0.25) is 0 Å². The molecule has 8 nitrogen and oxygen atoms in total. The summed E-state index contributed by atoms with van der Waals surface area (Å²) in [5, 5.41) is 16.1. The second-order valence-corrected chi connectivity index (χ2v) is 2.86. The number of ether oxygens (including phenoxy) is 2. The lowest BCUT2D eigenvalue weighted by Gasteiger charge is -1.91. The minimum atomic E-state index is -1.27. The summed E-state index contributed by atoms with van der Waals surface area (Å²) in [6.45, 7) is 3.01. The highest BCUT2D eigenvalue weighted by Crippen LogP contribution is 1.95. The molecule has 0 saturated carbocycles. The summed E-state index contributed by atoms with van der Waals surface area (Å²) in [7, 11) is 2.45. The maximum absolute atomic E-state index is 10.3. The molecule has 0 aliphatic carbocycles. The van der Waals surface area contributed by atoms with E-state index in [1.165, 1.54) is 14.2 Å². The molecule has 0 radical (unpaired) electrons. The number of methoxy groups -OCH3 is 2. The molecule has 0 spiro atoms. The Balaban J connectivity index is 0. The van der Waals surface area contributed by atoms with Crippen molar-refractivity contribution in [3.8, 4) is 0 Å². The summed E-state index contributed by atoms with van der Waals surface area (Å²) >= 11 is 0. The normalized spacial score (nSPS) is 8.95. The molecule has 106 valence electrons. The van der Waals surface area contributed by atoms with Crippen LogP contribution in [0.5, 0.6) is 0 Å². The molecule has 0 saturated heterocycles. The van der Waals surface area contributed by atoms with Crippen LogP contribution in [0, 0.1) is 0 Å². The van der Waals surface area contributed by atoms with Crippen LogP contribution in [-0.2, 0) is 28.7 Å². The van der Waals surface area contributed by atoms with E-state index in [9.17, 15) is 19.2 Å². The Morgan fingerprint density at radius 1 is 1.00 bits per heavy atom. The van der Waals surface area contributed by atoms with Crippen molar-refractivity contribution in [3.63, 3.8) is 0 Å². The summed E-state index contributed by atoms with van der Waals surface area (Å²) < 4.78 is 8.42. The zero-order valence-electron chi connectivity index (χ0n) is 10.4. The van der Waals surface area contributed by atoms with E-state index in [1.54, 1.807) is 0 Å². The zero-order valence-corrected chi connectivity index (χ0v) is 10.4. The summed E-state index contributed by atoms with van der Waals surface area (Å²) in [4.78, 5) is 40.3. The van der Waals surface area contributed by atoms with Crippen LogP contribution in [0.4, 0.5) is 0 Å². The first-order valence-electron chi connectivity index (χ1n) is 4.71. The van der Waals surface area contributed by atoms with Crippen molar-refractivity contribution in [1.29, 1.82) is 0 Å². The van der Waals surface area contributed by atoms with Gasteiger partial charge in [0.05, 0.1) is 20.6 Å². The van der Waals surface area contributed by atoms with Gasteiger partial charge in [-0.05, 0) is 0 Å². The van der Waals surface area contributed by atoms with Crippen molar-refractivity contribution in [2.45, 2.75) is 6.42 Å². The van der Waals surface area contributed by atoms with Gasteiger partial charge in [-0.2, -0.15) is 0 Å². The molecule has 0 rings (SSSR count). The summed E-state index contributed by atoms with van der Waals surface area (Å²) in [6.07, 6.45) is 1.48. The molecule has 0 bridgehead atoms. The third-order valence-corrected chi connectivity index (χ3v) is 1.42. The molecule has 19 heavy (non-hydrogen) atoms. The molecule has 0 heterocycles. The number of carboxylic acid groups (broad SMARTS) is 2. The van der Waals surface area contributed by atoms with Crippen LogP contribution >= 0.6 is 0 Å². The highest BCUT2D eigenvalue weighted by molar-refractivity contribution is 5.91. The molecular formula is C11H14O8. The summed E-state index contributed by atoms with van der Waals surface area (Å²) in [5.74, 6) is -3.60. The third kappa shape index (κ3) is 13.3. The van der Waals surface area contributed by atoms with E-state index in [0.717, 1.165) is 12.2 Å². The lowest BCUT2D eigenvalue weighted by atomic mass is 10.2. The SMILES string of the molecule is C=C(CC(=O)O)C(=O)O.COC(=O)/C=C\C(=O)OC. The topological polar surface area (TPSA) is 127 Å². The quantitative estimate of drug-likeness (QED) is 0.529. The van der Waals surface area contributed by atoms with Gasteiger partial charge in [-0.1, -0.05) is 6.58 Å². The van der Waals surface area contributed by atoms with Gasteiger partial charge in [-0.25, -0.2) is 14.4 Å². The molecule has 0 aromatic rings. The standard InChI is InChI=1S/C6H8O4.C5H6O4/c1-9-5(7)3-4-6(8)10-2;1-3(5(8)9)2-4(6)7/h3-4H,1-2H3;1-2H2,(H,6,7)(H,8,9)/b4-3-;. The maximum Gasteiger partial charge on any atom is 0.331 e. The van der Waals surface area contributed by atoms with Crippen molar-refractivity contribution in [3.05, 3.63) is 24.3 Å². The van der Waals surface area contributed by atoms with Gasteiger partial charge >= 0.3 is 23.9 Å². The first-order valence-corrected chi connectivity index (χ1v) is 4.71. The minimum Gasteiger partial charge on any atom is -0.481 e. The van der Waals surface area contributed by atoms with Crippen molar-refractivity contribution >= 4 is 23.9 Å². The Hall–Kier alpha value is -2.64. The Bertz CT molecular complexity index is 375. The van der Waals surface area contributed by atoms with Crippen LogP contribution in [0.1, 0.15) is 6.42 Å². The maximum atomic E-state index is 10.3. The van der Waals surface area contributed by atoms with Gasteiger partial charge in [0.1, 0.15) is 0 Å². The van der Waals surface area contributed by atoms with Gasteiger partial charge in [0, 0.05) is 17.7 Å². The first kappa shape index (κ1) is 18.7.